The van der Waals surface area contributed by atoms with E-state index in [1.807, 2.05) is 0 Å². The van der Waals surface area contributed by atoms with Crippen LogP contribution < -0.4 is 0 Å². The molecule has 0 bridgehead atoms. The first kappa shape index (κ1) is 16.3. The molecule has 1 N–H and O–H groups in total. The summed E-state index contributed by atoms with van der Waals surface area (Å²) in [6, 6.07) is 0. The van der Waals surface area contributed by atoms with E-state index in [0.717, 1.165) is 6.42 Å². The second kappa shape index (κ2) is 5.14. The van der Waals surface area contributed by atoms with Crippen LogP contribution in [0.4, 0.5) is 0 Å². The highest BCUT2D eigenvalue weighted by Gasteiger charge is 2.56. The van der Waals surface area contributed by atoms with E-state index >= 15 is 0 Å². The number of halogens is 1. The van der Waals surface area contributed by atoms with Crippen molar-refractivity contribution in [2.24, 2.45) is 22.7 Å². The Morgan fingerprint density at radius 3 is 2.75 bits per heavy atom. The van der Waals surface area contributed by atoms with E-state index in [9.17, 15) is 9.90 Å². The summed E-state index contributed by atoms with van der Waals surface area (Å²) in [6.45, 7) is 7.20. The van der Waals surface area contributed by atoms with Crippen molar-refractivity contribution in [1.82, 2.24) is 0 Å². The van der Waals surface area contributed by atoms with Gasteiger partial charge in [-0.05, 0) is 42.4 Å². The van der Waals surface area contributed by atoms with Crippen LogP contribution in [0.25, 0.3) is 0 Å². The summed E-state index contributed by atoms with van der Waals surface area (Å²) in [5, 5.41) is 10.1. The summed E-state index contributed by atoms with van der Waals surface area (Å²) in [5.41, 5.74) is 1.22. The lowest BCUT2D eigenvalue weighted by Crippen LogP contribution is -2.54. The second-order valence-electron chi connectivity index (χ2n) is 8.78. The van der Waals surface area contributed by atoms with Crippen molar-refractivity contribution in [3.63, 3.8) is 0 Å². The number of hydrogen-bond donors (Lipinski definition) is 1. The van der Waals surface area contributed by atoms with Crippen molar-refractivity contribution in [3.05, 3.63) is 34.3 Å². The minimum absolute atomic E-state index is 0.104. The number of allylic oxidation sites excluding steroid dienone is 2. The van der Waals surface area contributed by atoms with Crippen LogP contribution in [-0.2, 0) is 9.53 Å². The first-order valence-electron chi connectivity index (χ1n) is 8.98. The number of carbonyl (C=O) groups is 1. The molecule has 0 aromatic rings. The van der Waals surface area contributed by atoms with E-state index in [4.69, 9.17) is 16.3 Å². The van der Waals surface area contributed by atoms with Gasteiger partial charge in [-0.15, -0.1) is 0 Å². The quantitative estimate of drug-likeness (QED) is 0.667. The Bertz CT molecular complexity index is 700. The summed E-state index contributed by atoms with van der Waals surface area (Å²) in [5.74, 6) is 0.631. The Labute approximate surface area is 148 Å². The highest BCUT2D eigenvalue weighted by Crippen LogP contribution is 2.62. The topological polar surface area (TPSA) is 46.5 Å². The predicted molar refractivity (Wildman–Crippen MR) is 93.5 cm³/mol. The van der Waals surface area contributed by atoms with Gasteiger partial charge in [0, 0.05) is 17.6 Å². The zero-order valence-electron chi connectivity index (χ0n) is 14.6. The predicted octanol–water partition coefficient (Wildman–Crippen LogP) is 5.03. The van der Waals surface area contributed by atoms with Gasteiger partial charge in [0.2, 0.25) is 5.78 Å². The first-order valence-corrected chi connectivity index (χ1v) is 9.36. The zero-order valence-corrected chi connectivity index (χ0v) is 15.3. The summed E-state index contributed by atoms with van der Waals surface area (Å²) in [4.78, 5) is 11.8. The minimum atomic E-state index is -0.468. The van der Waals surface area contributed by atoms with E-state index in [1.165, 1.54) is 31.8 Å². The molecule has 24 heavy (non-hydrogen) atoms. The zero-order chi connectivity index (χ0) is 17.3. The molecule has 3 unspecified atom stereocenters. The number of rotatable bonds is 0. The van der Waals surface area contributed by atoms with E-state index in [-0.39, 0.29) is 28.2 Å². The summed E-state index contributed by atoms with van der Waals surface area (Å²) < 4.78 is 6.21. The molecule has 0 aromatic carbocycles. The van der Waals surface area contributed by atoms with Gasteiger partial charge in [-0.2, -0.15) is 0 Å². The highest BCUT2D eigenvalue weighted by atomic mass is 35.5. The molecule has 3 nitrogen and oxygen atoms in total. The number of carbonyl (C=O) groups excluding carboxylic acids is 1. The number of ether oxygens (including phenoxy) is 1. The van der Waals surface area contributed by atoms with Gasteiger partial charge in [0.25, 0.3) is 0 Å². The fourth-order valence-corrected chi connectivity index (χ4v) is 6.10. The molecule has 130 valence electrons. The maximum absolute atomic E-state index is 11.8. The molecule has 2 saturated carbocycles. The third-order valence-electron chi connectivity index (χ3n) is 7.01. The average molecular weight is 349 g/mol. The summed E-state index contributed by atoms with van der Waals surface area (Å²) in [7, 11) is 0. The molecule has 0 radical (unpaired) electrons. The molecule has 0 amide bonds. The molecule has 1 aliphatic heterocycles. The van der Waals surface area contributed by atoms with Gasteiger partial charge < -0.3 is 9.84 Å². The van der Waals surface area contributed by atoms with Crippen LogP contribution in [0, 0.1) is 22.7 Å². The molecule has 3 aliphatic carbocycles. The fourth-order valence-electron chi connectivity index (χ4n) is 5.86. The van der Waals surface area contributed by atoms with Gasteiger partial charge in [0.15, 0.2) is 5.76 Å². The van der Waals surface area contributed by atoms with Crippen molar-refractivity contribution >= 4 is 17.4 Å². The van der Waals surface area contributed by atoms with Gasteiger partial charge >= 0.3 is 0 Å². The Balaban J connectivity index is 1.79. The smallest absolute Gasteiger partial charge is 0.225 e. The first-order chi connectivity index (χ1) is 11.2. The van der Waals surface area contributed by atoms with Crippen molar-refractivity contribution < 1.29 is 14.6 Å². The van der Waals surface area contributed by atoms with E-state index in [2.05, 4.69) is 26.8 Å². The van der Waals surface area contributed by atoms with Gasteiger partial charge in [-0.3, -0.25) is 4.79 Å². The molecule has 0 aromatic heterocycles. The van der Waals surface area contributed by atoms with Crippen LogP contribution in [0.5, 0.6) is 0 Å². The summed E-state index contributed by atoms with van der Waals surface area (Å²) >= 11 is 6.26. The molecule has 4 aliphatic rings. The normalized spacial score (nSPS) is 40.7. The minimum Gasteiger partial charge on any atom is -0.503 e. The number of fused-ring (bicyclic) bond motifs is 4. The summed E-state index contributed by atoms with van der Waals surface area (Å²) in [6.07, 6.45) is 9.56. The number of ketones is 1. The average Bonchev–Trinajstić information content (AvgIpc) is 2.51. The van der Waals surface area contributed by atoms with Crippen molar-refractivity contribution in [1.29, 1.82) is 0 Å². The Morgan fingerprint density at radius 2 is 2.00 bits per heavy atom. The fraction of sp³-hybridized carbons (Fsp3) is 0.650. The third-order valence-corrected chi connectivity index (χ3v) is 7.39. The standard InChI is InChI=1S/C20H25ClO3/c1-19(2)7-4-8-20(3)12-9-11-15(10-13(22)18(23)17(11)21)24-14(12)5-6-16(19)20/h9-10,12,14,16,23H,4-8H2,1-3H3/t12?,14?,16?,20-/m1/s1. The lowest BCUT2D eigenvalue weighted by Gasteiger charge is -2.59. The van der Waals surface area contributed by atoms with Crippen LogP contribution in [0.15, 0.2) is 34.3 Å². The molecule has 0 saturated heterocycles. The SMILES string of the molecule is CC1(C)CCC[C@]2(C)C3C=C4C(=CC(=O)C(O)=C4Cl)OC3CCC12. The van der Waals surface area contributed by atoms with Gasteiger partial charge in [-0.25, -0.2) is 0 Å². The molecule has 4 rings (SSSR count). The van der Waals surface area contributed by atoms with Gasteiger partial charge in [0.05, 0.1) is 5.03 Å². The van der Waals surface area contributed by atoms with Gasteiger partial charge in [-0.1, -0.05) is 44.9 Å². The van der Waals surface area contributed by atoms with Crippen LogP contribution >= 0.6 is 11.6 Å². The molecular formula is C20H25ClO3. The Morgan fingerprint density at radius 1 is 1.25 bits per heavy atom. The molecule has 4 atom stereocenters. The monoisotopic (exact) mass is 348 g/mol. The molecule has 4 heteroatoms. The van der Waals surface area contributed by atoms with Crippen LogP contribution in [-0.4, -0.2) is 17.0 Å². The van der Waals surface area contributed by atoms with E-state index < -0.39 is 5.78 Å². The van der Waals surface area contributed by atoms with Crippen LogP contribution in [0.2, 0.25) is 0 Å². The Kier molecular flexibility index (Phi) is 3.48. The third kappa shape index (κ3) is 2.13. The second-order valence-corrected chi connectivity index (χ2v) is 9.15. The van der Waals surface area contributed by atoms with Crippen molar-refractivity contribution in [2.75, 3.05) is 0 Å². The van der Waals surface area contributed by atoms with Crippen molar-refractivity contribution in [2.45, 2.75) is 59.0 Å². The molecule has 2 fully saturated rings. The number of aliphatic hydroxyl groups excluding tert-OH is 1. The largest absolute Gasteiger partial charge is 0.503 e. The molecule has 1 heterocycles. The highest BCUT2D eigenvalue weighted by molar-refractivity contribution is 6.35. The van der Waals surface area contributed by atoms with E-state index in [1.54, 1.807) is 0 Å². The molecular weight excluding hydrogens is 324 g/mol. The van der Waals surface area contributed by atoms with Crippen LogP contribution in [0.3, 0.4) is 0 Å². The Hall–Kier alpha value is -1.22. The van der Waals surface area contributed by atoms with Crippen molar-refractivity contribution in [3.8, 4) is 0 Å². The number of hydrogen-bond acceptors (Lipinski definition) is 3. The lowest BCUT2D eigenvalue weighted by atomic mass is 9.47. The maximum atomic E-state index is 11.8. The molecule has 0 spiro atoms. The van der Waals surface area contributed by atoms with Gasteiger partial charge in [0.1, 0.15) is 11.9 Å². The van der Waals surface area contributed by atoms with Crippen LogP contribution in [0.1, 0.15) is 52.9 Å². The lowest BCUT2D eigenvalue weighted by molar-refractivity contribution is -0.119. The van der Waals surface area contributed by atoms with E-state index in [0.29, 0.717) is 22.7 Å². The number of aliphatic hydroxyl groups is 1. The maximum Gasteiger partial charge on any atom is 0.225 e.